The fraction of sp³-hybridized carbons (Fsp3) is 0.0952. The third kappa shape index (κ3) is 2.26. The summed E-state index contributed by atoms with van der Waals surface area (Å²) in [6.45, 7) is 0. The maximum atomic E-state index is 12.8. The number of hydrogen-bond acceptors (Lipinski definition) is 7. The van der Waals surface area contributed by atoms with Gasteiger partial charge in [-0.1, -0.05) is 12.1 Å². The summed E-state index contributed by atoms with van der Waals surface area (Å²) in [7, 11) is 0. The molecule has 3 aromatic carbocycles. The van der Waals surface area contributed by atoms with Crippen molar-refractivity contribution in [3.8, 4) is 28.7 Å². The number of phenolic OH excluding ortho intramolecular Hbond substituents is 4. The Morgan fingerprint density at radius 2 is 1.54 bits per heavy atom. The molecule has 1 aliphatic heterocycles. The highest BCUT2D eigenvalue weighted by atomic mass is 16.5. The average Bonchev–Trinajstić information content (AvgIpc) is 2.99. The van der Waals surface area contributed by atoms with E-state index in [1.54, 1.807) is 12.1 Å². The van der Waals surface area contributed by atoms with Crippen LogP contribution in [0.1, 0.15) is 28.4 Å². The van der Waals surface area contributed by atoms with Gasteiger partial charge in [0.25, 0.3) is 0 Å². The smallest absolute Gasteiger partial charge is 0.174 e. The van der Waals surface area contributed by atoms with Crippen LogP contribution >= 0.6 is 0 Å². The van der Waals surface area contributed by atoms with Crippen molar-refractivity contribution in [1.82, 2.24) is 0 Å². The quantitative estimate of drug-likeness (QED) is 0.368. The largest absolute Gasteiger partial charge is 0.508 e. The molecule has 5 rings (SSSR count). The second kappa shape index (κ2) is 5.56. The zero-order valence-corrected chi connectivity index (χ0v) is 14.3. The predicted molar refractivity (Wildman–Crippen MR) is 99.1 cm³/mol. The molecule has 0 amide bonds. The number of fused-ring (bicyclic) bond motifs is 5. The van der Waals surface area contributed by atoms with E-state index in [0.717, 1.165) is 0 Å². The van der Waals surface area contributed by atoms with Gasteiger partial charge in [-0.3, -0.25) is 4.79 Å². The summed E-state index contributed by atoms with van der Waals surface area (Å²) in [5.41, 5.74) is 1.29. The summed E-state index contributed by atoms with van der Waals surface area (Å²) >= 11 is 0. The van der Waals surface area contributed by atoms with E-state index in [1.807, 2.05) is 0 Å². The number of benzene rings is 3. The fourth-order valence-electron chi connectivity index (χ4n) is 3.63. The highest BCUT2D eigenvalue weighted by Crippen LogP contribution is 2.48. The standard InChI is InChI=1S/C21H14O7/c22-10-3-1-9(2-4-10)16-7-14(25)20-15(26)8-18-19(21(20)28-16)11-5-12(23)13(24)6-17(11)27-18/h1-6,8,16,22-24,26H,7H2/t16-/m0/s1. The zero-order chi connectivity index (χ0) is 19.6. The van der Waals surface area contributed by atoms with Gasteiger partial charge in [0.05, 0.1) is 11.8 Å². The number of hydrogen-bond donors (Lipinski definition) is 4. The number of Topliss-reactive ketones (excluding diaryl/α,β-unsaturated/α-hetero) is 1. The lowest BCUT2D eigenvalue weighted by atomic mass is 9.93. The van der Waals surface area contributed by atoms with Crippen molar-refractivity contribution < 1.29 is 34.4 Å². The molecule has 0 fully saturated rings. The van der Waals surface area contributed by atoms with Crippen LogP contribution in [0.15, 0.2) is 46.9 Å². The van der Waals surface area contributed by atoms with E-state index in [9.17, 15) is 25.2 Å². The molecule has 4 aromatic rings. The minimum Gasteiger partial charge on any atom is -0.508 e. The van der Waals surface area contributed by atoms with Crippen LogP contribution in [-0.2, 0) is 0 Å². The summed E-state index contributed by atoms with van der Waals surface area (Å²) in [6.07, 6.45) is -0.583. The van der Waals surface area contributed by atoms with Gasteiger partial charge < -0.3 is 29.6 Å². The summed E-state index contributed by atoms with van der Waals surface area (Å²) in [5.74, 6) is -0.978. The first kappa shape index (κ1) is 16.3. The molecule has 1 atom stereocenters. The number of phenols is 4. The van der Waals surface area contributed by atoms with E-state index in [4.69, 9.17) is 9.15 Å². The molecule has 0 unspecified atom stereocenters. The summed E-state index contributed by atoms with van der Waals surface area (Å²) in [4.78, 5) is 12.8. The summed E-state index contributed by atoms with van der Waals surface area (Å²) in [5, 5.41) is 40.3. The molecule has 1 aliphatic rings. The van der Waals surface area contributed by atoms with Crippen LogP contribution in [0.4, 0.5) is 0 Å². The molecule has 0 aliphatic carbocycles. The van der Waals surface area contributed by atoms with Gasteiger partial charge in [-0.25, -0.2) is 0 Å². The number of ether oxygens (including phenoxy) is 1. The Morgan fingerprint density at radius 3 is 2.29 bits per heavy atom. The van der Waals surface area contributed by atoms with Crippen LogP contribution in [0.2, 0.25) is 0 Å². The molecule has 4 N–H and O–H groups in total. The first-order valence-electron chi connectivity index (χ1n) is 8.55. The average molecular weight is 378 g/mol. The molecular weight excluding hydrogens is 364 g/mol. The topological polar surface area (TPSA) is 120 Å². The van der Waals surface area contributed by atoms with Gasteiger partial charge >= 0.3 is 0 Å². The lowest BCUT2D eigenvalue weighted by Crippen LogP contribution is -2.20. The van der Waals surface area contributed by atoms with Crippen LogP contribution in [-0.4, -0.2) is 26.2 Å². The number of aromatic hydroxyl groups is 4. The Balaban J connectivity index is 1.77. The highest BCUT2D eigenvalue weighted by Gasteiger charge is 2.33. The number of rotatable bonds is 1. The molecule has 28 heavy (non-hydrogen) atoms. The summed E-state index contributed by atoms with van der Waals surface area (Å²) in [6, 6.07) is 10.2. The monoisotopic (exact) mass is 378 g/mol. The highest BCUT2D eigenvalue weighted by molar-refractivity contribution is 6.16. The Morgan fingerprint density at radius 1 is 0.857 bits per heavy atom. The molecule has 7 heteroatoms. The first-order chi connectivity index (χ1) is 13.4. The molecule has 0 bridgehead atoms. The number of carbonyl (C=O) groups excluding carboxylic acids is 1. The maximum absolute atomic E-state index is 12.8. The van der Waals surface area contributed by atoms with Gasteiger partial charge in [0.15, 0.2) is 17.3 Å². The van der Waals surface area contributed by atoms with E-state index in [0.29, 0.717) is 16.3 Å². The molecular formula is C21H14O7. The minimum atomic E-state index is -0.610. The van der Waals surface area contributed by atoms with Crippen molar-refractivity contribution in [1.29, 1.82) is 0 Å². The Bertz CT molecular complexity index is 1270. The van der Waals surface area contributed by atoms with Crippen LogP contribution < -0.4 is 4.74 Å². The molecule has 1 aromatic heterocycles. The predicted octanol–water partition coefficient (Wildman–Crippen LogP) is 4.11. The second-order valence-electron chi connectivity index (χ2n) is 6.74. The SMILES string of the molecule is O=C1C[C@@H](c2ccc(O)cc2)Oc2c1c(O)cc1oc3cc(O)c(O)cc3c21. The van der Waals surface area contributed by atoms with Crippen LogP contribution in [0, 0.1) is 0 Å². The minimum absolute atomic E-state index is 0.0265. The molecule has 0 radical (unpaired) electrons. The maximum Gasteiger partial charge on any atom is 0.174 e. The fourth-order valence-corrected chi connectivity index (χ4v) is 3.63. The third-order valence-electron chi connectivity index (χ3n) is 4.97. The van der Waals surface area contributed by atoms with Crippen molar-refractivity contribution in [2.75, 3.05) is 0 Å². The number of ketones is 1. The van der Waals surface area contributed by atoms with Crippen LogP contribution in [0.25, 0.3) is 21.9 Å². The van der Waals surface area contributed by atoms with Crippen molar-refractivity contribution in [3.63, 3.8) is 0 Å². The lowest BCUT2D eigenvalue weighted by Gasteiger charge is -2.26. The van der Waals surface area contributed by atoms with Gasteiger partial charge in [-0.05, 0) is 23.8 Å². The third-order valence-corrected chi connectivity index (χ3v) is 4.97. The lowest BCUT2D eigenvalue weighted by molar-refractivity contribution is 0.0849. The van der Waals surface area contributed by atoms with Crippen molar-refractivity contribution in [2.45, 2.75) is 12.5 Å². The van der Waals surface area contributed by atoms with Gasteiger partial charge in [0.1, 0.15) is 40.1 Å². The van der Waals surface area contributed by atoms with Crippen molar-refractivity contribution in [2.24, 2.45) is 0 Å². The molecule has 0 spiro atoms. The zero-order valence-electron chi connectivity index (χ0n) is 14.3. The molecule has 0 saturated carbocycles. The van der Waals surface area contributed by atoms with Crippen molar-refractivity contribution in [3.05, 3.63) is 53.6 Å². The molecule has 140 valence electrons. The Kier molecular flexibility index (Phi) is 3.24. The first-order valence-corrected chi connectivity index (χ1v) is 8.55. The van der Waals surface area contributed by atoms with Gasteiger partial charge in [0, 0.05) is 17.5 Å². The number of carbonyl (C=O) groups is 1. The second-order valence-corrected chi connectivity index (χ2v) is 6.74. The Labute approximate surface area is 157 Å². The molecule has 0 saturated heterocycles. The number of furan rings is 1. The van der Waals surface area contributed by atoms with E-state index < -0.39 is 6.10 Å². The van der Waals surface area contributed by atoms with Crippen LogP contribution in [0.3, 0.4) is 0 Å². The van der Waals surface area contributed by atoms with E-state index in [1.165, 1.54) is 30.3 Å². The van der Waals surface area contributed by atoms with E-state index in [2.05, 4.69) is 0 Å². The van der Waals surface area contributed by atoms with E-state index in [-0.39, 0.29) is 57.7 Å². The van der Waals surface area contributed by atoms with Gasteiger partial charge in [-0.2, -0.15) is 0 Å². The van der Waals surface area contributed by atoms with Gasteiger partial charge in [-0.15, -0.1) is 0 Å². The normalized spacial score (nSPS) is 16.3. The Hall–Kier alpha value is -3.87. The summed E-state index contributed by atoms with van der Waals surface area (Å²) < 4.78 is 11.8. The molecule has 7 nitrogen and oxygen atoms in total. The van der Waals surface area contributed by atoms with Crippen LogP contribution in [0.5, 0.6) is 28.7 Å². The van der Waals surface area contributed by atoms with E-state index >= 15 is 0 Å². The molecule has 2 heterocycles. The van der Waals surface area contributed by atoms with Crippen molar-refractivity contribution >= 4 is 27.7 Å². The van der Waals surface area contributed by atoms with Gasteiger partial charge in [0.2, 0.25) is 0 Å².